The van der Waals surface area contributed by atoms with E-state index < -0.39 is 5.54 Å². The van der Waals surface area contributed by atoms with E-state index in [4.69, 9.17) is 0 Å². The average Bonchev–Trinajstić information content (AvgIpc) is 3.07. The van der Waals surface area contributed by atoms with Crippen molar-refractivity contribution in [3.05, 3.63) is 51.4 Å². The quantitative estimate of drug-likeness (QED) is 0.638. The van der Waals surface area contributed by atoms with Crippen LogP contribution in [-0.2, 0) is 12.1 Å². The molecule has 0 saturated carbocycles. The van der Waals surface area contributed by atoms with Crippen LogP contribution < -0.4 is 10.2 Å². The highest BCUT2D eigenvalue weighted by Gasteiger charge is 2.59. The average molecular weight is 328 g/mol. The molecular weight excluding hydrogens is 308 g/mol. The van der Waals surface area contributed by atoms with Crippen molar-refractivity contribution in [2.24, 2.45) is 0 Å². The van der Waals surface area contributed by atoms with Crippen LogP contribution in [0.5, 0.6) is 0 Å². The maximum Gasteiger partial charge on any atom is 0.276 e. The predicted octanol–water partition coefficient (Wildman–Crippen LogP) is 2.65. The van der Waals surface area contributed by atoms with Crippen molar-refractivity contribution in [1.29, 1.82) is 0 Å². The van der Waals surface area contributed by atoms with Crippen molar-refractivity contribution in [2.75, 3.05) is 10.2 Å². The maximum atomic E-state index is 11.8. The van der Waals surface area contributed by atoms with E-state index in [1.54, 1.807) is 12.2 Å². The molecule has 0 amide bonds. The molecule has 2 atom stereocenters. The number of hydrogen-bond acceptors (Lipinski definition) is 6. The van der Waals surface area contributed by atoms with Crippen LogP contribution >= 0.6 is 0 Å². The molecule has 2 N–H and O–H groups in total. The van der Waals surface area contributed by atoms with Gasteiger partial charge >= 0.3 is 0 Å². The van der Waals surface area contributed by atoms with Crippen LogP contribution in [0, 0.1) is 10.1 Å². The number of nitrogens with zero attached hydrogens (tertiary/aromatic N) is 3. The van der Waals surface area contributed by atoms with Gasteiger partial charge in [-0.15, -0.1) is 0 Å². The Balaban J connectivity index is 1.90. The predicted molar refractivity (Wildman–Crippen MR) is 90.1 cm³/mol. The van der Waals surface area contributed by atoms with Crippen molar-refractivity contribution in [3.8, 4) is 0 Å². The zero-order valence-corrected chi connectivity index (χ0v) is 13.5. The number of rotatable bonds is 5. The molecule has 4 rings (SSSR count). The lowest BCUT2D eigenvalue weighted by molar-refractivity contribution is -0.436. The number of allylic oxidation sites excluding steroid dienone is 2. The first-order chi connectivity index (χ1) is 11.6. The number of fused-ring (bicyclic) bond motifs is 3. The summed E-state index contributed by atoms with van der Waals surface area (Å²) >= 11 is 0. The highest BCUT2D eigenvalue weighted by Crippen LogP contribution is 2.56. The van der Waals surface area contributed by atoms with Gasteiger partial charge in [-0.05, 0) is 18.9 Å². The van der Waals surface area contributed by atoms with Crippen molar-refractivity contribution < 1.29 is 10.0 Å². The van der Waals surface area contributed by atoms with Gasteiger partial charge in [0.25, 0.3) is 5.70 Å². The molecule has 0 fully saturated rings. The molecule has 3 aliphatic rings. The Labute approximate surface area is 139 Å². The molecule has 1 aromatic rings. The molecule has 1 aromatic heterocycles. The Morgan fingerprint density at radius 2 is 2.42 bits per heavy atom. The maximum absolute atomic E-state index is 11.8. The number of aliphatic hydroxyl groups excluding tert-OH is 1. The van der Waals surface area contributed by atoms with Crippen molar-refractivity contribution >= 4 is 11.5 Å². The summed E-state index contributed by atoms with van der Waals surface area (Å²) in [7, 11) is 0. The minimum atomic E-state index is -0.876. The third-order valence-electron chi connectivity index (χ3n) is 5.22. The summed E-state index contributed by atoms with van der Waals surface area (Å²) in [5.74, 6) is 0.720. The molecule has 1 aliphatic carbocycles. The van der Waals surface area contributed by atoms with Gasteiger partial charge in [-0.1, -0.05) is 25.5 Å². The van der Waals surface area contributed by atoms with Crippen LogP contribution in [0.15, 0.2) is 30.0 Å². The molecule has 7 nitrogen and oxygen atoms in total. The molecule has 0 radical (unpaired) electrons. The molecule has 2 bridgehead atoms. The van der Waals surface area contributed by atoms with E-state index in [1.807, 2.05) is 12.1 Å². The van der Waals surface area contributed by atoms with Crippen LogP contribution in [0.1, 0.15) is 43.9 Å². The zero-order valence-electron chi connectivity index (χ0n) is 13.5. The number of anilines is 2. The van der Waals surface area contributed by atoms with Gasteiger partial charge in [-0.25, -0.2) is 4.98 Å². The number of aromatic nitrogens is 1. The summed E-state index contributed by atoms with van der Waals surface area (Å²) in [6.45, 7) is 1.90. The van der Waals surface area contributed by atoms with Crippen LogP contribution in [0.25, 0.3) is 0 Å². The minimum absolute atomic E-state index is 0.0115. The molecule has 1 spiro atoms. The highest BCUT2D eigenvalue weighted by molar-refractivity contribution is 5.81. The number of nitrogens with one attached hydrogen (secondary N) is 1. The SMILES string of the molecule is CCCCC1Nc2nc(CO)c3cc2N1C31CC=CC=C1[N+](=O)[O-]. The van der Waals surface area contributed by atoms with E-state index in [0.29, 0.717) is 12.1 Å². The first kappa shape index (κ1) is 15.1. The highest BCUT2D eigenvalue weighted by atomic mass is 16.6. The second-order valence-corrected chi connectivity index (χ2v) is 6.48. The van der Waals surface area contributed by atoms with Crippen molar-refractivity contribution in [1.82, 2.24) is 4.98 Å². The fraction of sp³-hybridized carbons (Fsp3) is 0.471. The molecule has 7 heteroatoms. The Morgan fingerprint density at radius 1 is 1.58 bits per heavy atom. The topological polar surface area (TPSA) is 91.5 Å². The largest absolute Gasteiger partial charge is 0.390 e. The van der Waals surface area contributed by atoms with Gasteiger partial charge in [0.15, 0.2) is 11.4 Å². The molecule has 2 aliphatic heterocycles. The van der Waals surface area contributed by atoms with E-state index in [1.165, 1.54) is 0 Å². The summed E-state index contributed by atoms with van der Waals surface area (Å²) in [5, 5.41) is 24.9. The molecule has 3 heterocycles. The lowest BCUT2D eigenvalue weighted by Crippen LogP contribution is -2.53. The van der Waals surface area contributed by atoms with E-state index in [-0.39, 0.29) is 23.4 Å². The third-order valence-corrected chi connectivity index (χ3v) is 5.22. The van der Waals surface area contributed by atoms with Gasteiger partial charge in [-0.3, -0.25) is 10.1 Å². The number of pyridine rings is 1. The summed E-state index contributed by atoms with van der Waals surface area (Å²) in [6, 6.07) is 1.96. The monoisotopic (exact) mass is 328 g/mol. The Kier molecular flexibility index (Phi) is 3.35. The van der Waals surface area contributed by atoms with Gasteiger partial charge in [-0.2, -0.15) is 0 Å². The zero-order chi connectivity index (χ0) is 16.9. The number of hydrogen-bond donors (Lipinski definition) is 2. The standard InChI is InChI=1S/C17H20N4O3/c1-2-3-7-15-19-16-13-9-11(12(10-22)18-16)17(20(13)15)8-5-4-6-14(17)21(23)24/h4-6,9,15,22H,2-3,7-8,10H2,1H3,(H,18,19). The molecule has 24 heavy (non-hydrogen) atoms. The molecule has 2 unspecified atom stereocenters. The van der Waals surface area contributed by atoms with Gasteiger partial charge in [0.05, 0.1) is 22.9 Å². The van der Waals surface area contributed by atoms with Crippen molar-refractivity contribution in [2.45, 2.75) is 50.9 Å². The fourth-order valence-corrected chi connectivity index (χ4v) is 4.22. The third kappa shape index (κ3) is 1.78. The van der Waals surface area contributed by atoms with Gasteiger partial charge in [0, 0.05) is 18.1 Å². The molecular formula is C17H20N4O3. The number of nitro groups is 1. The summed E-state index contributed by atoms with van der Waals surface area (Å²) in [6.07, 6.45) is 8.76. The lowest BCUT2D eigenvalue weighted by atomic mass is 9.80. The Hall–Kier alpha value is -2.41. The van der Waals surface area contributed by atoms with E-state index in [0.717, 1.165) is 36.3 Å². The van der Waals surface area contributed by atoms with E-state index in [2.05, 4.69) is 22.1 Å². The fourth-order valence-electron chi connectivity index (χ4n) is 4.22. The Bertz CT molecular complexity index is 773. The molecule has 126 valence electrons. The summed E-state index contributed by atoms with van der Waals surface area (Å²) in [5.41, 5.74) is 1.46. The number of aliphatic hydroxyl groups is 1. The minimum Gasteiger partial charge on any atom is -0.390 e. The van der Waals surface area contributed by atoms with Gasteiger partial charge in [0.1, 0.15) is 6.17 Å². The number of unbranched alkanes of at least 4 members (excludes halogenated alkanes) is 1. The van der Waals surface area contributed by atoms with Crippen molar-refractivity contribution in [3.63, 3.8) is 0 Å². The lowest BCUT2D eigenvalue weighted by Gasteiger charge is -2.41. The second-order valence-electron chi connectivity index (χ2n) is 6.48. The summed E-state index contributed by atoms with van der Waals surface area (Å²) < 4.78 is 0. The second kappa shape index (κ2) is 5.31. The normalized spacial score (nSPS) is 26.0. The smallest absolute Gasteiger partial charge is 0.276 e. The molecule has 0 aromatic carbocycles. The van der Waals surface area contributed by atoms with Crippen LogP contribution in [0.4, 0.5) is 11.5 Å². The van der Waals surface area contributed by atoms with E-state index in [9.17, 15) is 15.2 Å². The summed E-state index contributed by atoms with van der Waals surface area (Å²) in [4.78, 5) is 18.2. The first-order valence-electron chi connectivity index (χ1n) is 8.36. The first-order valence-corrected chi connectivity index (χ1v) is 8.36. The van der Waals surface area contributed by atoms with E-state index >= 15 is 0 Å². The molecule has 0 saturated heterocycles. The van der Waals surface area contributed by atoms with Crippen LogP contribution in [-0.4, -0.2) is 21.2 Å². The van der Waals surface area contributed by atoms with Gasteiger partial charge in [0.2, 0.25) is 0 Å². The van der Waals surface area contributed by atoms with Crippen LogP contribution in [0.3, 0.4) is 0 Å². The Morgan fingerprint density at radius 3 is 3.12 bits per heavy atom. The van der Waals surface area contributed by atoms with Crippen LogP contribution in [0.2, 0.25) is 0 Å². The van der Waals surface area contributed by atoms with Gasteiger partial charge < -0.3 is 15.3 Å².